The lowest BCUT2D eigenvalue weighted by molar-refractivity contribution is 0.581. The molecule has 18 heavy (non-hydrogen) atoms. The van der Waals surface area contributed by atoms with Crippen LogP contribution in [0.4, 0.5) is 5.95 Å². The SMILES string of the molecule is Cc1ccsc1CNS(=O)(=O)c1cnc(N)nc1. The molecule has 0 fully saturated rings. The normalized spacial score (nSPS) is 11.6. The van der Waals surface area contributed by atoms with Crippen LogP contribution in [0.25, 0.3) is 0 Å². The second kappa shape index (κ2) is 5.01. The summed E-state index contributed by atoms with van der Waals surface area (Å²) in [5.41, 5.74) is 6.37. The lowest BCUT2D eigenvalue weighted by atomic mass is 10.3. The number of aryl methyl sites for hydroxylation is 1. The van der Waals surface area contributed by atoms with Crippen molar-refractivity contribution in [3.63, 3.8) is 0 Å². The Kier molecular flexibility index (Phi) is 3.60. The first-order valence-corrected chi connectivity index (χ1v) is 7.45. The highest BCUT2D eigenvalue weighted by molar-refractivity contribution is 7.89. The Morgan fingerprint density at radius 1 is 1.39 bits per heavy atom. The number of anilines is 1. The van der Waals surface area contributed by atoms with Crippen LogP contribution < -0.4 is 10.5 Å². The Morgan fingerprint density at radius 2 is 2.06 bits per heavy atom. The van der Waals surface area contributed by atoms with Gasteiger partial charge in [-0.05, 0) is 23.9 Å². The first-order chi connectivity index (χ1) is 8.49. The fraction of sp³-hybridized carbons (Fsp3) is 0.200. The highest BCUT2D eigenvalue weighted by atomic mass is 32.2. The van der Waals surface area contributed by atoms with Crippen molar-refractivity contribution in [1.82, 2.24) is 14.7 Å². The predicted octanol–water partition coefficient (Wildman–Crippen LogP) is 0.907. The largest absolute Gasteiger partial charge is 0.368 e. The van der Waals surface area contributed by atoms with E-state index in [2.05, 4.69) is 14.7 Å². The number of nitrogens with zero attached hydrogens (tertiary/aromatic N) is 2. The zero-order chi connectivity index (χ0) is 13.2. The summed E-state index contributed by atoms with van der Waals surface area (Å²) < 4.78 is 26.3. The molecule has 0 radical (unpaired) electrons. The van der Waals surface area contributed by atoms with Crippen molar-refractivity contribution in [2.45, 2.75) is 18.4 Å². The van der Waals surface area contributed by atoms with Crippen LogP contribution in [0.1, 0.15) is 10.4 Å². The predicted molar refractivity (Wildman–Crippen MR) is 69.5 cm³/mol. The van der Waals surface area contributed by atoms with Crippen molar-refractivity contribution < 1.29 is 8.42 Å². The molecule has 0 aliphatic carbocycles. The average molecular weight is 284 g/mol. The summed E-state index contributed by atoms with van der Waals surface area (Å²) in [5, 5.41) is 1.92. The van der Waals surface area contributed by atoms with Crippen LogP contribution in [-0.2, 0) is 16.6 Å². The fourth-order valence-corrected chi connectivity index (χ4v) is 3.12. The number of hydrogen-bond acceptors (Lipinski definition) is 6. The Morgan fingerprint density at radius 3 is 2.61 bits per heavy atom. The molecule has 8 heteroatoms. The second-order valence-corrected chi connectivity index (χ2v) is 6.40. The molecular weight excluding hydrogens is 272 g/mol. The van der Waals surface area contributed by atoms with E-state index in [-0.39, 0.29) is 17.4 Å². The Balaban J connectivity index is 2.13. The maximum atomic E-state index is 11.9. The van der Waals surface area contributed by atoms with Gasteiger partial charge in [0, 0.05) is 11.4 Å². The molecule has 0 aliphatic heterocycles. The number of thiophene rings is 1. The molecule has 0 aliphatic rings. The molecule has 0 aromatic carbocycles. The molecule has 2 aromatic rings. The van der Waals surface area contributed by atoms with Crippen LogP contribution in [0.5, 0.6) is 0 Å². The lowest BCUT2D eigenvalue weighted by Crippen LogP contribution is -2.23. The lowest BCUT2D eigenvalue weighted by Gasteiger charge is -2.05. The smallest absolute Gasteiger partial charge is 0.243 e. The van der Waals surface area contributed by atoms with Gasteiger partial charge in [0.1, 0.15) is 4.90 Å². The van der Waals surface area contributed by atoms with Crippen LogP contribution in [0.3, 0.4) is 0 Å². The summed E-state index contributed by atoms with van der Waals surface area (Å²) in [6.07, 6.45) is 2.37. The molecule has 0 amide bonds. The maximum absolute atomic E-state index is 11.9. The molecule has 0 atom stereocenters. The minimum absolute atomic E-state index is 0.00547. The van der Waals surface area contributed by atoms with Gasteiger partial charge in [0.15, 0.2) is 0 Å². The first kappa shape index (κ1) is 12.9. The fourth-order valence-electron chi connectivity index (χ4n) is 1.29. The van der Waals surface area contributed by atoms with Crippen molar-refractivity contribution in [3.8, 4) is 0 Å². The van der Waals surface area contributed by atoms with Crippen LogP contribution in [0.2, 0.25) is 0 Å². The van der Waals surface area contributed by atoms with Gasteiger partial charge in [-0.1, -0.05) is 0 Å². The number of sulfonamides is 1. The Labute approximate surface area is 109 Å². The van der Waals surface area contributed by atoms with Crippen LogP contribution in [-0.4, -0.2) is 18.4 Å². The summed E-state index contributed by atoms with van der Waals surface area (Å²) in [7, 11) is -3.59. The van der Waals surface area contributed by atoms with E-state index in [1.807, 2.05) is 18.4 Å². The zero-order valence-electron chi connectivity index (χ0n) is 9.62. The molecular formula is C10H12N4O2S2. The van der Waals surface area contributed by atoms with Gasteiger partial charge < -0.3 is 5.73 Å². The number of nitrogens with two attached hydrogens (primary N) is 1. The van der Waals surface area contributed by atoms with E-state index in [1.54, 1.807) is 0 Å². The highest BCUT2D eigenvalue weighted by Crippen LogP contribution is 2.16. The molecule has 0 saturated heterocycles. The Hall–Kier alpha value is -1.51. The van der Waals surface area contributed by atoms with Crippen molar-refractivity contribution in [2.75, 3.05) is 5.73 Å². The zero-order valence-corrected chi connectivity index (χ0v) is 11.3. The van der Waals surface area contributed by atoms with Crippen LogP contribution in [0.15, 0.2) is 28.7 Å². The summed E-state index contributed by atoms with van der Waals surface area (Å²) in [6.45, 7) is 2.20. The van der Waals surface area contributed by atoms with Gasteiger partial charge >= 0.3 is 0 Å². The third-order valence-electron chi connectivity index (χ3n) is 2.35. The van der Waals surface area contributed by atoms with E-state index in [9.17, 15) is 8.42 Å². The standard InChI is InChI=1S/C10H12N4O2S2/c1-7-2-3-17-9(7)6-14-18(15,16)8-4-12-10(11)13-5-8/h2-5,14H,6H2,1H3,(H2,11,12,13). The van der Waals surface area contributed by atoms with Gasteiger partial charge in [-0.3, -0.25) is 0 Å². The van der Waals surface area contributed by atoms with Crippen molar-refractivity contribution in [2.24, 2.45) is 0 Å². The van der Waals surface area contributed by atoms with E-state index < -0.39 is 10.0 Å². The number of rotatable bonds is 4. The van der Waals surface area contributed by atoms with Gasteiger partial charge in [-0.25, -0.2) is 23.1 Å². The van der Waals surface area contributed by atoms with Gasteiger partial charge in [0.2, 0.25) is 16.0 Å². The summed E-state index contributed by atoms with van der Waals surface area (Å²) >= 11 is 1.51. The molecule has 0 bridgehead atoms. The topological polar surface area (TPSA) is 98.0 Å². The third kappa shape index (κ3) is 2.84. The molecule has 2 rings (SSSR count). The van der Waals surface area contributed by atoms with Crippen molar-refractivity contribution in [3.05, 3.63) is 34.3 Å². The molecule has 0 saturated carbocycles. The minimum atomic E-state index is -3.59. The number of nitrogen functional groups attached to an aromatic ring is 1. The summed E-state index contributed by atoms with van der Waals surface area (Å²) in [6, 6.07) is 1.95. The number of aromatic nitrogens is 2. The monoisotopic (exact) mass is 284 g/mol. The van der Waals surface area contributed by atoms with Crippen LogP contribution >= 0.6 is 11.3 Å². The van der Waals surface area contributed by atoms with E-state index >= 15 is 0 Å². The molecule has 2 aromatic heterocycles. The Bertz CT molecular complexity index is 634. The molecule has 2 heterocycles. The van der Waals surface area contributed by atoms with Crippen molar-refractivity contribution >= 4 is 27.3 Å². The van der Waals surface area contributed by atoms with E-state index in [1.165, 1.54) is 23.7 Å². The molecule has 0 unspecified atom stereocenters. The quantitative estimate of drug-likeness (QED) is 0.869. The highest BCUT2D eigenvalue weighted by Gasteiger charge is 2.15. The van der Waals surface area contributed by atoms with Crippen LogP contribution in [0, 0.1) is 6.92 Å². The number of hydrogen-bond donors (Lipinski definition) is 2. The average Bonchev–Trinajstić information content (AvgIpc) is 2.73. The minimum Gasteiger partial charge on any atom is -0.368 e. The van der Waals surface area contributed by atoms with Crippen molar-refractivity contribution in [1.29, 1.82) is 0 Å². The van der Waals surface area contributed by atoms with Gasteiger partial charge in [0.05, 0.1) is 12.4 Å². The molecule has 6 nitrogen and oxygen atoms in total. The van der Waals surface area contributed by atoms with E-state index in [0.29, 0.717) is 0 Å². The molecule has 96 valence electrons. The first-order valence-electron chi connectivity index (χ1n) is 5.09. The number of nitrogens with one attached hydrogen (secondary N) is 1. The van der Waals surface area contributed by atoms with E-state index in [0.717, 1.165) is 10.4 Å². The van der Waals surface area contributed by atoms with E-state index in [4.69, 9.17) is 5.73 Å². The third-order valence-corrected chi connectivity index (χ3v) is 4.73. The molecule has 3 N–H and O–H groups in total. The molecule has 0 spiro atoms. The second-order valence-electron chi connectivity index (χ2n) is 3.63. The van der Waals surface area contributed by atoms with Gasteiger partial charge in [0.25, 0.3) is 0 Å². The summed E-state index contributed by atoms with van der Waals surface area (Å²) in [5.74, 6) is 0.0445. The maximum Gasteiger partial charge on any atom is 0.243 e. The summed E-state index contributed by atoms with van der Waals surface area (Å²) in [4.78, 5) is 8.30. The van der Waals surface area contributed by atoms with Gasteiger partial charge in [-0.2, -0.15) is 0 Å². The van der Waals surface area contributed by atoms with Gasteiger partial charge in [-0.15, -0.1) is 11.3 Å².